The smallest absolute Gasteiger partial charge is 0.316 e. The molecular formula is C34H39FN4O3. The molecular weight excluding hydrogens is 531 g/mol. The van der Waals surface area contributed by atoms with Gasteiger partial charge in [0, 0.05) is 35.8 Å². The number of aromatic nitrogens is 2. The fourth-order valence-corrected chi connectivity index (χ4v) is 7.55. The van der Waals surface area contributed by atoms with Gasteiger partial charge in [-0.05, 0) is 94.3 Å². The third kappa shape index (κ3) is 4.87. The van der Waals surface area contributed by atoms with Crippen molar-refractivity contribution in [3.63, 3.8) is 0 Å². The summed E-state index contributed by atoms with van der Waals surface area (Å²) in [5.74, 6) is 2.98. The normalized spacial score (nSPS) is 25.4. The molecule has 1 aliphatic carbocycles. The number of hydrogen-bond acceptors (Lipinski definition) is 7. The van der Waals surface area contributed by atoms with Gasteiger partial charge in [-0.15, -0.1) is 6.42 Å². The predicted molar refractivity (Wildman–Crippen MR) is 160 cm³/mol. The second kappa shape index (κ2) is 10.7. The number of fused-ring (bicyclic) bond motifs is 3. The maximum absolute atomic E-state index is 14.8. The van der Waals surface area contributed by atoms with Crippen molar-refractivity contribution in [2.75, 3.05) is 31.3 Å². The number of rotatable bonds is 8. The van der Waals surface area contributed by atoms with Gasteiger partial charge >= 0.3 is 6.01 Å². The minimum atomic E-state index is -0.445. The lowest BCUT2D eigenvalue weighted by Crippen LogP contribution is -2.48. The second-order valence-electron chi connectivity index (χ2n) is 12.8. The quantitative estimate of drug-likeness (QED) is 0.358. The molecule has 0 radical (unpaired) electrons. The summed E-state index contributed by atoms with van der Waals surface area (Å²) >= 11 is 0. The number of terminal acetylenes is 1. The molecule has 3 fully saturated rings. The summed E-state index contributed by atoms with van der Waals surface area (Å²) in [5, 5.41) is 11.9. The summed E-state index contributed by atoms with van der Waals surface area (Å²) in [5.41, 5.74) is 3.87. The number of benzene rings is 2. The molecule has 7 nitrogen and oxygen atoms in total. The Morgan fingerprint density at radius 1 is 1.17 bits per heavy atom. The molecule has 3 aromatic rings. The average molecular weight is 571 g/mol. The summed E-state index contributed by atoms with van der Waals surface area (Å²) in [6.45, 7) is 8.01. The van der Waals surface area contributed by atoms with Gasteiger partial charge in [0.2, 0.25) is 0 Å². The molecule has 42 heavy (non-hydrogen) atoms. The van der Waals surface area contributed by atoms with Crippen LogP contribution in [0.1, 0.15) is 68.0 Å². The second-order valence-corrected chi connectivity index (χ2v) is 12.8. The van der Waals surface area contributed by atoms with Crippen molar-refractivity contribution in [1.29, 1.82) is 0 Å². The number of halogens is 1. The van der Waals surface area contributed by atoms with Crippen molar-refractivity contribution in [2.24, 2.45) is 5.92 Å². The molecule has 1 saturated carbocycles. The van der Waals surface area contributed by atoms with E-state index in [-0.39, 0.29) is 22.9 Å². The van der Waals surface area contributed by atoms with Crippen LogP contribution in [-0.2, 0) is 17.7 Å². The number of phenols is 1. The molecule has 3 aliphatic heterocycles. The van der Waals surface area contributed by atoms with E-state index in [0.717, 1.165) is 68.3 Å². The van der Waals surface area contributed by atoms with Crippen LogP contribution in [0.15, 0.2) is 24.3 Å². The van der Waals surface area contributed by atoms with Crippen molar-refractivity contribution in [2.45, 2.75) is 83.0 Å². The van der Waals surface area contributed by atoms with Gasteiger partial charge in [-0.3, -0.25) is 4.90 Å². The standard InChI is InChI=1S/C34H39FN4O3/c1-4-27-29(35)9-8-24-15-26(40)16-31(32(24)27)38-17-30-28(14-21(38)2)22(3)36-33(37-30)42-20-34-11-5-13-39(34)25(10-12-34)19-41-18-23-6-7-23/h1,8-9,15-16,21,23,25,40H,5-7,10-14,17-20H2,2-3H3. The van der Waals surface area contributed by atoms with E-state index in [1.165, 1.54) is 25.3 Å². The maximum atomic E-state index is 14.8. The van der Waals surface area contributed by atoms with Crippen LogP contribution in [0.3, 0.4) is 0 Å². The van der Waals surface area contributed by atoms with Crippen LogP contribution in [0.5, 0.6) is 11.8 Å². The van der Waals surface area contributed by atoms with Gasteiger partial charge in [0.1, 0.15) is 18.2 Å². The first-order valence-corrected chi connectivity index (χ1v) is 15.4. The lowest BCUT2D eigenvalue weighted by atomic mass is 9.94. The van der Waals surface area contributed by atoms with Gasteiger partial charge in [-0.25, -0.2) is 9.37 Å². The summed E-state index contributed by atoms with van der Waals surface area (Å²) in [7, 11) is 0. The van der Waals surface area contributed by atoms with E-state index < -0.39 is 5.82 Å². The lowest BCUT2D eigenvalue weighted by Gasteiger charge is -2.37. The van der Waals surface area contributed by atoms with Gasteiger partial charge in [-0.1, -0.05) is 12.0 Å². The van der Waals surface area contributed by atoms with Crippen molar-refractivity contribution < 1.29 is 19.0 Å². The van der Waals surface area contributed by atoms with E-state index in [1.54, 1.807) is 18.2 Å². The predicted octanol–water partition coefficient (Wildman–Crippen LogP) is 5.52. The Kier molecular flexibility index (Phi) is 6.99. The summed E-state index contributed by atoms with van der Waals surface area (Å²) in [4.78, 5) is 14.5. The Labute approximate surface area is 247 Å². The lowest BCUT2D eigenvalue weighted by molar-refractivity contribution is 0.0332. The zero-order chi connectivity index (χ0) is 29.0. The van der Waals surface area contributed by atoms with Crippen LogP contribution in [0.2, 0.25) is 0 Å². The van der Waals surface area contributed by atoms with Crippen LogP contribution >= 0.6 is 0 Å². The SMILES string of the molecule is C#Cc1c(F)ccc2cc(O)cc(N3Cc4nc(OCC56CCCN5C(COCC5CC5)CC6)nc(C)c4CC3C)c12. The number of aryl methyl sites for hydroxylation is 1. The Morgan fingerprint density at radius 2 is 2.02 bits per heavy atom. The summed E-state index contributed by atoms with van der Waals surface area (Å²) in [6, 6.07) is 7.25. The first-order chi connectivity index (χ1) is 20.3. The van der Waals surface area contributed by atoms with Gasteiger partial charge in [0.05, 0.1) is 35.6 Å². The van der Waals surface area contributed by atoms with E-state index in [0.29, 0.717) is 41.7 Å². The third-order valence-electron chi connectivity index (χ3n) is 9.98. The third-order valence-corrected chi connectivity index (χ3v) is 9.98. The molecule has 0 amide bonds. The highest BCUT2D eigenvalue weighted by atomic mass is 19.1. The molecule has 0 spiro atoms. The van der Waals surface area contributed by atoms with Gasteiger partial charge in [0.25, 0.3) is 0 Å². The van der Waals surface area contributed by atoms with E-state index in [2.05, 4.69) is 22.6 Å². The van der Waals surface area contributed by atoms with Gasteiger partial charge in [-0.2, -0.15) is 4.98 Å². The largest absolute Gasteiger partial charge is 0.508 e. The molecule has 1 aromatic heterocycles. The first kappa shape index (κ1) is 27.4. The number of ether oxygens (including phenoxy) is 2. The number of nitrogens with zero attached hydrogens (tertiary/aromatic N) is 4. The molecule has 2 saturated heterocycles. The fourth-order valence-electron chi connectivity index (χ4n) is 7.55. The fraction of sp³-hybridized carbons (Fsp3) is 0.529. The van der Waals surface area contributed by atoms with Crippen molar-refractivity contribution >= 4 is 16.5 Å². The van der Waals surface area contributed by atoms with Crippen LogP contribution in [0.25, 0.3) is 10.8 Å². The molecule has 3 atom stereocenters. The average Bonchev–Trinajstić information content (AvgIpc) is 3.60. The Bertz CT molecular complexity index is 1570. The van der Waals surface area contributed by atoms with Crippen LogP contribution < -0.4 is 9.64 Å². The number of hydrogen-bond donors (Lipinski definition) is 1. The Morgan fingerprint density at radius 3 is 2.83 bits per heavy atom. The van der Waals surface area contributed by atoms with Crippen LogP contribution in [0, 0.1) is 31.0 Å². The van der Waals surface area contributed by atoms with E-state index in [4.69, 9.17) is 25.9 Å². The zero-order valence-corrected chi connectivity index (χ0v) is 24.5. The monoisotopic (exact) mass is 570 g/mol. The molecule has 8 heteroatoms. The van der Waals surface area contributed by atoms with Crippen LogP contribution in [0.4, 0.5) is 10.1 Å². The van der Waals surface area contributed by atoms with E-state index in [9.17, 15) is 9.50 Å². The number of anilines is 1. The van der Waals surface area contributed by atoms with Crippen molar-refractivity contribution in [1.82, 2.24) is 14.9 Å². The molecule has 1 N–H and O–H groups in total. The molecule has 220 valence electrons. The van der Waals surface area contributed by atoms with Gasteiger partial charge < -0.3 is 19.5 Å². The zero-order valence-electron chi connectivity index (χ0n) is 24.5. The van der Waals surface area contributed by atoms with E-state index >= 15 is 0 Å². The highest BCUT2D eigenvalue weighted by molar-refractivity contribution is 6.00. The number of aromatic hydroxyl groups is 1. The maximum Gasteiger partial charge on any atom is 0.316 e. The molecule has 4 aliphatic rings. The van der Waals surface area contributed by atoms with E-state index in [1.807, 2.05) is 6.92 Å². The topological polar surface area (TPSA) is 71.0 Å². The molecule has 4 heterocycles. The Balaban J connectivity index is 1.13. The molecule has 7 rings (SSSR count). The van der Waals surface area contributed by atoms with Gasteiger partial charge in [0.15, 0.2) is 0 Å². The summed E-state index contributed by atoms with van der Waals surface area (Å²) < 4.78 is 27.3. The summed E-state index contributed by atoms with van der Waals surface area (Å²) in [6.07, 6.45) is 13.7. The highest BCUT2D eigenvalue weighted by Gasteiger charge is 2.50. The van der Waals surface area contributed by atoms with Crippen molar-refractivity contribution in [3.8, 4) is 24.1 Å². The highest BCUT2D eigenvalue weighted by Crippen LogP contribution is 2.43. The first-order valence-electron chi connectivity index (χ1n) is 15.4. The minimum absolute atomic E-state index is 0.0253. The molecule has 2 aromatic carbocycles. The van der Waals surface area contributed by atoms with Crippen molar-refractivity contribution in [3.05, 3.63) is 52.6 Å². The Hall–Kier alpha value is -3.41. The van der Waals surface area contributed by atoms with Crippen LogP contribution in [-0.4, -0.2) is 64.0 Å². The molecule has 0 bridgehead atoms. The minimum Gasteiger partial charge on any atom is -0.508 e. The number of phenolic OH excluding ortho intramolecular Hbond substituents is 1. The molecule has 3 unspecified atom stereocenters.